The van der Waals surface area contributed by atoms with Crippen LogP contribution < -0.4 is 14.9 Å². The monoisotopic (exact) mass is 586 g/mol. The Morgan fingerprint density at radius 2 is 1.95 bits per heavy atom. The van der Waals surface area contributed by atoms with Crippen molar-refractivity contribution in [2.45, 2.75) is 11.7 Å². The number of nitrogens with one attached hydrogen (secondary N) is 2. The standard InChI is InChI=1S/C22H25Cl2N6O5PS/c1-25-7-8-26-21-4-5-22(28-27-21)29-9-6-15-10-18(2-3-20(15)29)30(14-36(31,32)33)37(34,35)19-12-16(23)11-17(24)13-19/h2-6,9-12,19,25H,7-8,13-14H2,1H3,(H,26,27)(H2,31,32,33). The van der Waals surface area contributed by atoms with Crippen LogP contribution in [0, 0.1) is 0 Å². The van der Waals surface area contributed by atoms with E-state index in [-0.39, 0.29) is 22.2 Å². The van der Waals surface area contributed by atoms with E-state index in [1.165, 1.54) is 18.2 Å². The number of fused-ring (bicyclic) bond motifs is 1. The fourth-order valence-electron chi connectivity index (χ4n) is 3.86. The van der Waals surface area contributed by atoms with Gasteiger partial charge in [-0.25, -0.2) is 8.42 Å². The molecule has 198 valence electrons. The van der Waals surface area contributed by atoms with Gasteiger partial charge >= 0.3 is 7.60 Å². The summed E-state index contributed by atoms with van der Waals surface area (Å²) in [7, 11) is -7.21. The zero-order chi connectivity index (χ0) is 26.8. The molecule has 0 saturated carbocycles. The summed E-state index contributed by atoms with van der Waals surface area (Å²) >= 11 is 12.1. The van der Waals surface area contributed by atoms with Crippen LogP contribution in [0.1, 0.15) is 6.42 Å². The van der Waals surface area contributed by atoms with E-state index in [4.69, 9.17) is 23.2 Å². The Morgan fingerprint density at radius 1 is 1.16 bits per heavy atom. The van der Waals surface area contributed by atoms with E-state index in [2.05, 4.69) is 20.8 Å². The predicted octanol–water partition coefficient (Wildman–Crippen LogP) is 3.34. The van der Waals surface area contributed by atoms with Gasteiger partial charge < -0.3 is 20.4 Å². The summed E-state index contributed by atoms with van der Waals surface area (Å²) in [5.41, 5.74) is 0.799. The number of anilines is 2. The molecule has 37 heavy (non-hydrogen) atoms. The third kappa shape index (κ3) is 6.53. The molecule has 1 atom stereocenters. The lowest BCUT2D eigenvalue weighted by molar-refractivity contribution is 0.373. The molecule has 0 amide bonds. The SMILES string of the molecule is CNCCNc1ccc(-n2ccc3cc(N(CP(=O)(O)O)S(=O)(=O)C4C=C(Cl)C=C(Cl)C4)ccc32)nn1. The first-order valence-corrected chi connectivity index (χ1v) is 15.2. The Labute approximate surface area is 224 Å². The highest BCUT2D eigenvalue weighted by molar-refractivity contribution is 7.93. The second kappa shape index (κ2) is 11.1. The minimum Gasteiger partial charge on any atom is -0.367 e. The average molecular weight is 587 g/mol. The van der Waals surface area contributed by atoms with Crippen molar-refractivity contribution in [2.24, 2.45) is 0 Å². The largest absolute Gasteiger partial charge is 0.367 e. The molecule has 0 bridgehead atoms. The zero-order valence-electron chi connectivity index (χ0n) is 19.6. The Kier molecular flexibility index (Phi) is 8.29. The summed E-state index contributed by atoms with van der Waals surface area (Å²) in [6, 6.07) is 10.0. The maximum Gasteiger partial charge on any atom is 0.345 e. The highest BCUT2D eigenvalue weighted by Gasteiger charge is 2.36. The van der Waals surface area contributed by atoms with Gasteiger partial charge in [-0.2, -0.15) is 0 Å². The van der Waals surface area contributed by atoms with Crippen molar-refractivity contribution in [3.05, 3.63) is 64.8 Å². The maximum atomic E-state index is 13.5. The summed E-state index contributed by atoms with van der Waals surface area (Å²) in [5.74, 6) is 1.17. The lowest BCUT2D eigenvalue weighted by Gasteiger charge is -2.29. The average Bonchev–Trinajstić information content (AvgIpc) is 3.25. The molecule has 1 aromatic carbocycles. The molecule has 1 unspecified atom stereocenters. The highest BCUT2D eigenvalue weighted by Crippen LogP contribution is 2.41. The molecule has 15 heteroatoms. The molecule has 4 N–H and O–H groups in total. The summed E-state index contributed by atoms with van der Waals surface area (Å²) in [6.45, 7) is 1.47. The van der Waals surface area contributed by atoms with E-state index < -0.39 is 29.2 Å². The van der Waals surface area contributed by atoms with Gasteiger partial charge in [-0.1, -0.05) is 23.2 Å². The first-order chi connectivity index (χ1) is 17.5. The summed E-state index contributed by atoms with van der Waals surface area (Å²) in [5, 5.41) is 14.4. The Bertz CT molecular complexity index is 1500. The summed E-state index contributed by atoms with van der Waals surface area (Å²) in [4.78, 5) is 19.3. The number of nitrogens with zero attached hydrogens (tertiary/aromatic N) is 4. The molecule has 11 nitrogen and oxygen atoms in total. The minimum atomic E-state index is -4.77. The van der Waals surface area contributed by atoms with Gasteiger partial charge in [0.1, 0.15) is 17.4 Å². The van der Waals surface area contributed by atoms with Crippen molar-refractivity contribution in [1.82, 2.24) is 20.1 Å². The lowest BCUT2D eigenvalue weighted by atomic mass is 10.2. The van der Waals surface area contributed by atoms with Crippen molar-refractivity contribution in [3.63, 3.8) is 0 Å². The van der Waals surface area contributed by atoms with E-state index in [1.807, 2.05) is 7.05 Å². The molecule has 0 fully saturated rings. The first kappa shape index (κ1) is 27.6. The van der Waals surface area contributed by atoms with Gasteiger partial charge in [-0.3, -0.25) is 13.4 Å². The van der Waals surface area contributed by atoms with Crippen LogP contribution in [0.3, 0.4) is 0 Å². The van der Waals surface area contributed by atoms with Crippen LogP contribution in [-0.2, 0) is 14.6 Å². The molecule has 2 aromatic heterocycles. The fourth-order valence-corrected chi connectivity index (χ4v) is 7.69. The number of sulfonamides is 1. The van der Waals surface area contributed by atoms with Crippen LogP contribution in [0.4, 0.5) is 11.5 Å². The zero-order valence-corrected chi connectivity index (χ0v) is 22.8. The number of hydrogen-bond acceptors (Lipinski definition) is 7. The third-order valence-corrected chi connectivity index (χ3v) is 8.94. The molecular formula is C22H25Cl2N6O5PS. The second-order valence-electron chi connectivity index (χ2n) is 8.32. The second-order valence-corrected chi connectivity index (χ2v) is 12.9. The molecule has 4 rings (SSSR count). The number of aromatic nitrogens is 3. The maximum absolute atomic E-state index is 13.5. The number of hydrogen-bond donors (Lipinski definition) is 4. The molecule has 2 heterocycles. The molecule has 0 spiro atoms. The van der Waals surface area contributed by atoms with Gasteiger partial charge in [0, 0.05) is 41.2 Å². The third-order valence-electron chi connectivity index (χ3n) is 5.58. The first-order valence-electron chi connectivity index (χ1n) is 11.1. The van der Waals surface area contributed by atoms with Crippen LogP contribution >= 0.6 is 30.8 Å². The Morgan fingerprint density at radius 3 is 2.59 bits per heavy atom. The van der Waals surface area contributed by atoms with Gasteiger partial charge in [-0.15, -0.1) is 10.2 Å². The van der Waals surface area contributed by atoms with Crippen LogP contribution in [0.5, 0.6) is 0 Å². The van der Waals surface area contributed by atoms with Crippen LogP contribution in [0.2, 0.25) is 0 Å². The van der Waals surface area contributed by atoms with Crippen LogP contribution in [0.25, 0.3) is 16.7 Å². The number of halogens is 2. The Hall–Kier alpha value is -2.44. The van der Waals surface area contributed by atoms with E-state index in [9.17, 15) is 22.8 Å². The predicted molar refractivity (Wildman–Crippen MR) is 146 cm³/mol. The lowest BCUT2D eigenvalue weighted by Crippen LogP contribution is -2.39. The number of likely N-dealkylation sites (N-methyl/N-ethyl adjacent to an activating group) is 1. The molecule has 1 aliphatic carbocycles. The normalized spacial score (nSPS) is 16.4. The molecule has 0 saturated heterocycles. The molecule has 1 aliphatic rings. The smallest absolute Gasteiger partial charge is 0.345 e. The Balaban J connectivity index is 1.67. The highest BCUT2D eigenvalue weighted by atomic mass is 35.5. The van der Waals surface area contributed by atoms with Crippen molar-refractivity contribution in [1.29, 1.82) is 0 Å². The number of allylic oxidation sites excluding steroid dienone is 3. The fraction of sp³-hybridized carbons (Fsp3) is 0.273. The molecule has 3 aromatic rings. The summed E-state index contributed by atoms with van der Waals surface area (Å²) in [6.07, 6.45) is 3.40. The van der Waals surface area contributed by atoms with Gasteiger partial charge in [0.25, 0.3) is 0 Å². The topological polar surface area (TPSA) is 150 Å². The van der Waals surface area contributed by atoms with E-state index in [1.54, 1.807) is 41.1 Å². The minimum absolute atomic E-state index is 0.0606. The quantitative estimate of drug-likeness (QED) is 0.207. The number of rotatable bonds is 10. The van der Waals surface area contributed by atoms with Gasteiger partial charge in [0.05, 0.1) is 11.2 Å². The van der Waals surface area contributed by atoms with E-state index >= 15 is 0 Å². The van der Waals surface area contributed by atoms with Gasteiger partial charge in [-0.05, 0) is 55.6 Å². The van der Waals surface area contributed by atoms with Crippen molar-refractivity contribution in [3.8, 4) is 5.82 Å². The van der Waals surface area contributed by atoms with Crippen LogP contribution in [-0.4, -0.2) is 64.6 Å². The van der Waals surface area contributed by atoms with Crippen molar-refractivity contribution in [2.75, 3.05) is 36.0 Å². The van der Waals surface area contributed by atoms with Gasteiger partial charge in [0.15, 0.2) is 5.82 Å². The van der Waals surface area contributed by atoms with Crippen LogP contribution in [0.15, 0.2) is 64.8 Å². The van der Waals surface area contributed by atoms with Crippen molar-refractivity contribution < 1.29 is 22.8 Å². The molecule has 0 radical (unpaired) electrons. The van der Waals surface area contributed by atoms with E-state index in [0.29, 0.717) is 29.1 Å². The number of benzene rings is 1. The molecular weight excluding hydrogens is 562 g/mol. The molecule has 0 aliphatic heterocycles. The summed E-state index contributed by atoms with van der Waals surface area (Å²) < 4.78 is 41.4. The van der Waals surface area contributed by atoms with E-state index in [0.717, 1.165) is 10.8 Å². The van der Waals surface area contributed by atoms with Crippen molar-refractivity contribution >= 4 is 63.2 Å². The van der Waals surface area contributed by atoms with Gasteiger partial charge in [0.2, 0.25) is 10.0 Å².